The summed E-state index contributed by atoms with van der Waals surface area (Å²) in [6, 6.07) is 7.03. The Morgan fingerprint density at radius 1 is 1.09 bits per heavy atom. The molecule has 0 heterocycles. The summed E-state index contributed by atoms with van der Waals surface area (Å²) < 4.78 is 0. The van der Waals surface area contributed by atoms with Crippen molar-refractivity contribution < 1.29 is 19.5 Å². The van der Waals surface area contributed by atoms with E-state index in [2.05, 4.69) is 10.9 Å². The highest BCUT2D eigenvalue weighted by Crippen LogP contribution is 2.39. The second kappa shape index (κ2) is 7.26. The van der Waals surface area contributed by atoms with Crippen LogP contribution in [0.3, 0.4) is 0 Å². The minimum absolute atomic E-state index is 0.115. The number of carbonyl (C=O) groups excluding carboxylic acids is 2. The third kappa shape index (κ3) is 4.09. The molecule has 6 heteroatoms. The van der Waals surface area contributed by atoms with Crippen LogP contribution in [-0.2, 0) is 9.59 Å². The number of carboxylic acids is 1. The van der Waals surface area contributed by atoms with Crippen LogP contribution in [0, 0.1) is 12.3 Å². The molecule has 0 aliphatic heterocycles. The molecule has 1 aromatic rings. The van der Waals surface area contributed by atoms with Gasteiger partial charge in [-0.05, 0) is 31.4 Å². The number of hydrogen-bond acceptors (Lipinski definition) is 3. The van der Waals surface area contributed by atoms with E-state index in [0.717, 1.165) is 24.8 Å². The summed E-state index contributed by atoms with van der Waals surface area (Å²) in [6.07, 6.45) is 3.52. The lowest BCUT2D eigenvalue weighted by molar-refractivity contribution is -0.154. The van der Waals surface area contributed by atoms with Crippen molar-refractivity contribution in [2.75, 3.05) is 0 Å². The van der Waals surface area contributed by atoms with E-state index in [-0.39, 0.29) is 6.42 Å². The number of hydrazine groups is 1. The molecule has 1 aromatic carbocycles. The molecule has 0 radical (unpaired) electrons. The highest BCUT2D eigenvalue weighted by Gasteiger charge is 2.41. The molecule has 1 fully saturated rings. The minimum Gasteiger partial charge on any atom is -0.481 e. The van der Waals surface area contributed by atoms with Gasteiger partial charge in [0.05, 0.1) is 5.41 Å². The normalized spacial score (nSPS) is 16.4. The van der Waals surface area contributed by atoms with E-state index in [1.54, 1.807) is 25.1 Å². The Kier molecular flexibility index (Phi) is 5.36. The van der Waals surface area contributed by atoms with Crippen LogP contribution in [0.15, 0.2) is 24.3 Å². The zero-order valence-corrected chi connectivity index (χ0v) is 13.2. The summed E-state index contributed by atoms with van der Waals surface area (Å²) in [5.74, 6) is -1.82. The van der Waals surface area contributed by atoms with Crippen molar-refractivity contribution in [3.05, 3.63) is 35.4 Å². The van der Waals surface area contributed by atoms with Gasteiger partial charge in [0.2, 0.25) is 5.91 Å². The Morgan fingerprint density at radius 2 is 1.74 bits per heavy atom. The lowest BCUT2D eigenvalue weighted by Gasteiger charge is -2.32. The predicted octanol–water partition coefficient (Wildman–Crippen LogP) is 2.18. The van der Waals surface area contributed by atoms with E-state index in [0.29, 0.717) is 18.4 Å². The molecule has 2 amide bonds. The number of aliphatic carboxylic acids is 1. The molecule has 0 spiro atoms. The minimum atomic E-state index is -1.00. The summed E-state index contributed by atoms with van der Waals surface area (Å²) in [5, 5.41) is 9.46. The molecule has 0 saturated heterocycles. The Labute approximate surface area is 135 Å². The van der Waals surface area contributed by atoms with Gasteiger partial charge in [0.25, 0.3) is 5.91 Å². The zero-order valence-electron chi connectivity index (χ0n) is 13.2. The van der Waals surface area contributed by atoms with Gasteiger partial charge in [0.15, 0.2) is 0 Å². The zero-order chi connectivity index (χ0) is 16.9. The molecular weight excluding hydrogens is 296 g/mol. The Morgan fingerprint density at radius 3 is 2.35 bits per heavy atom. The number of amides is 2. The van der Waals surface area contributed by atoms with Crippen LogP contribution in [0.4, 0.5) is 0 Å². The summed E-state index contributed by atoms with van der Waals surface area (Å²) in [5.41, 5.74) is 4.95. The van der Waals surface area contributed by atoms with Gasteiger partial charge in [0, 0.05) is 12.0 Å². The van der Waals surface area contributed by atoms with E-state index >= 15 is 0 Å². The molecule has 124 valence electrons. The first-order valence-corrected chi connectivity index (χ1v) is 7.83. The van der Waals surface area contributed by atoms with Crippen molar-refractivity contribution in [3.63, 3.8) is 0 Å². The largest absolute Gasteiger partial charge is 0.481 e. The van der Waals surface area contributed by atoms with Crippen molar-refractivity contribution in [3.8, 4) is 0 Å². The summed E-state index contributed by atoms with van der Waals surface area (Å²) in [7, 11) is 0. The number of carboxylic acid groups (broad SMARTS) is 1. The number of rotatable bonds is 4. The monoisotopic (exact) mass is 318 g/mol. The molecule has 3 N–H and O–H groups in total. The fourth-order valence-corrected chi connectivity index (χ4v) is 3.07. The number of hydrogen-bond donors (Lipinski definition) is 3. The predicted molar refractivity (Wildman–Crippen MR) is 84.6 cm³/mol. The van der Waals surface area contributed by atoms with Crippen LogP contribution in [0.1, 0.15) is 54.4 Å². The molecule has 0 bridgehead atoms. The van der Waals surface area contributed by atoms with Crippen LogP contribution >= 0.6 is 0 Å². The van der Waals surface area contributed by atoms with E-state index in [9.17, 15) is 19.5 Å². The number of aryl methyl sites for hydroxylation is 1. The van der Waals surface area contributed by atoms with Crippen molar-refractivity contribution in [1.82, 2.24) is 10.9 Å². The van der Waals surface area contributed by atoms with Crippen LogP contribution in [0.2, 0.25) is 0 Å². The van der Waals surface area contributed by atoms with Gasteiger partial charge in [0.1, 0.15) is 0 Å². The summed E-state index contributed by atoms with van der Waals surface area (Å²) >= 11 is 0. The van der Waals surface area contributed by atoms with Gasteiger partial charge in [-0.3, -0.25) is 25.2 Å². The molecule has 23 heavy (non-hydrogen) atoms. The third-order valence-corrected chi connectivity index (χ3v) is 4.47. The van der Waals surface area contributed by atoms with Crippen LogP contribution < -0.4 is 10.9 Å². The quantitative estimate of drug-likeness (QED) is 0.741. The van der Waals surface area contributed by atoms with Crippen LogP contribution in [0.25, 0.3) is 0 Å². The second-order valence-corrected chi connectivity index (χ2v) is 6.14. The first kappa shape index (κ1) is 17.0. The fourth-order valence-electron chi connectivity index (χ4n) is 3.07. The van der Waals surface area contributed by atoms with Gasteiger partial charge in [-0.25, -0.2) is 0 Å². The smallest absolute Gasteiger partial charge is 0.310 e. The van der Waals surface area contributed by atoms with Gasteiger partial charge >= 0.3 is 5.97 Å². The molecule has 6 nitrogen and oxygen atoms in total. The number of nitrogens with one attached hydrogen (secondary N) is 2. The van der Waals surface area contributed by atoms with Crippen LogP contribution in [0.5, 0.6) is 0 Å². The van der Waals surface area contributed by atoms with Gasteiger partial charge in [-0.2, -0.15) is 0 Å². The maximum Gasteiger partial charge on any atom is 0.310 e. The lowest BCUT2D eigenvalue weighted by Crippen LogP contribution is -2.46. The van der Waals surface area contributed by atoms with Crippen molar-refractivity contribution >= 4 is 17.8 Å². The Balaban J connectivity index is 1.93. The topological polar surface area (TPSA) is 95.5 Å². The fraction of sp³-hybridized carbons (Fsp3) is 0.471. The molecule has 1 aliphatic rings. The molecule has 0 atom stereocenters. The summed E-state index contributed by atoms with van der Waals surface area (Å²) in [4.78, 5) is 35.6. The van der Waals surface area contributed by atoms with E-state index in [1.807, 2.05) is 6.07 Å². The maximum atomic E-state index is 12.1. The van der Waals surface area contributed by atoms with Gasteiger partial charge in [-0.1, -0.05) is 37.5 Å². The molecule has 1 saturated carbocycles. The Hall–Kier alpha value is -2.37. The SMILES string of the molecule is Cc1ccccc1C(=O)NNC(=O)CC1(C(=O)O)CCCCC1. The van der Waals surface area contributed by atoms with Gasteiger partial charge in [-0.15, -0.1) is 0 Å². The number of benzene rings is 1. The average Bonchev–Trinajstić information content (AvgIpc) is 2.54. The van der Waals surface area contributed by atoms with Gasteiger partial charge < -0.3 is 5.11 Å². The molecule has 0 unspecified atom stereocenters. The molecule has 1 aliphatic carbocycles. The first-order valence-electron chi connectivity index (χ1n) is 7.83. The van der Waals surface area contributed by atoms with Crippen molar-refractivity contribution in [1.29, 1.82) is 0 Å². The highest BCUT2D eigenvalue weighted by molar-refractivity contribution is 5.97. The maximum absolute atomic E-state index is 12.1. The van der Waals surface area contributed by atoms with Crippen molar-refractivity contribution in [2.24, 2.45) is 5.41 Å². The lowest BCUT2D eigenvalue weighted by atomic mass is 9.72. The van der Waals surface area contributed by atoms with E-state index in [4.69, 9.17) is 0 Å². The Bertz CT molecular complexity index is 606. The standard InChI is InChI=1S/C17H22N2O4/c1-12-7-3-4-8-13(12)15(21)19-18-14(20)11-17(16(22)23)9-5-2-6-10-17/h3-4,7-8H,2,5-6,9-11H2,1H3,(H,18,20)(H,19,21)(H,22,23). The highest BCUT2D eigenvalue weighted by atomic mass is 16.4. The van der Waals surface area contributed by atoms with Crippen molar-refractivity contribution in [2.45, 2.75) is 45.4 Å². The second-order valence-electron chi connectivity index (χ2n) is 6.14. The molecule has 2 rings (SSSR count). The third-order valence-electron chi connectivity index (χ3n) is 4.47. The van der Waals surface area contributed by atoms with E-state index in [1.165, 1.54) is 0 Å². The molecular formula is C17H22N2O4. The van der Waals surface area contributed by atoms with E-state index < -0.39 is 23.2 Å². The first-order chi connectivity index (χ1) is 10.9. The molecule has 0 aromatic heterocycles. The van der Waals surface area contributed by atoms with Crippen LogP contribution in [-0.4, -0.2) is 22.9 Å². The number of carbonyl (C=O) groups is 3. The summed E-state index contributed by atoms with van der Waals surface area (Å²) in [6.45, 7) is 1.80. The average molecular weight is 318 g/mol.